The summed E-state index contributed by atoms with van der Waals surface area (Å²) in [7, 11) is 1.69. The molecule has 2 N–H and O–H groups in total. The van der Waals surface area contributed by atoms with E-state index in [1.165, 1.54) is 0 Å². The van der Waals surface area contributed by atoms with Crippen LogP contribution in [0.2, 0.25) is 0 Å². The van der Waals surface area contributed by atoms with E-state index < -0.39 is 0 Å². The van der Waals surface area contributed by atoms with Crippen molar-refractivity contribution in [3.05, 3.63) is 72.9 Å². The van der Waals surface area contributed by atoms with Gasteiger partial charge >= 0.3 is 0 Å². The molecule has 2 aromatic heterocycles. The summed E-state index contributed by atoms with van der Waals surface area (Å²) in [6.07, 6.45) is 5.35. The molecule has 1 saturated heterocycles. The lowest BCUT2D eigenvalue weighted by molar-refractivity contribution is 0.122. The molecule has 0 atom stereocenters. The number of anilines is 3. The number of hydrazone groups is 1. The molecule has 188 valence electrons. The Labute approximate surface area is 211 Å². The monoisotopic (exact) mass is 487 g/mol. The Kier molecular flexibility index (Phi) is 8.48. The molecule has 0 amide bonds. The fourth-order valence-electron chi connectivity index (χ4n) is 3.84. The lowest BCUT2D eigenvalue weighted by atomic mass is 10.1. The predicted molar refractivity (Wildman–Crippen MR) is 147 cm³/mol. The van der Waals surface area contributed by atoms with Crippen LogP contribution in [-0.4, -0.2) is 67.4 Å². The molecule has 0 radical (unpaired) electrons. The maximum atomic E-state index is 5.56. The second kappa shape index (κ2) is 12.1. The minimum Gasteiger partial charge on any atom is -0.383 e. The van der Waals surface area contributed by atoms with Gasteiger partial charge in [0.05, 0.1) is 31.7 Å². The number of ether oxygens (including phenoxy) is 2. The molecule has 3 aromatic rings. The quantitative estimate of drug-likeness (QED) is 0.180. The summed E-state index contributed by atoms with van der Waals surface area (Å²) < 4.78 is 12.5. The number of fused-ring (bicyclic) bond motifs is 1. The highest BCUT2D eigenvalue weighted by Gasteiger charge is 2.18. The maximum Gasteiger partial charge on any atom is 0.160 e. The van der Waals surface area contributed by atoms with Gasteiger partial charge in [0.25, 0.3) is 0 Å². The SMILES string of the molecule is C=CC(/C=N/Nc1cc(N2CCOCC2)n2nc(-c3ccc(NCCOC)cc3)cc2n1)=C\C(=C)C. The van der Waals surface area contributed by atoms with E-state index in [2.05, 4.69) is 46.0 Å². The molecule has 3 heterocycles. The Balaban J connectivity index is 1.63. The second-order valence-electron chi connectivity index (χ2n) is 8.46. The smallest absolute Gasteiger partial charge is 0.160 e. The van der Waals surface area contributed by atoms with Gasteiger partial charge in [0, 0.05) is 50.1 Å². The van der Waals surface area contributed by atoms with Crippen LogP contribution in [0.25, 0.3) is 16.9 Å². The highest BCUT2D eigenvalue weighted by Crippen LogP contribution is 2.26. The van der Waals surface area contributed by atoms with Gasteiger partial charge in [0.1, 0.15) is 5.82 Å². The van der Waals surface area contributed by atoms with Crippen molar-refractivity contribution in [1.29, 1.82) is 0 Å². The van der Waals surface area contributed by atoms with Crippen LogP contribution in [-0.2, 0) is 9.47 Å². The topological polar surface area (TPSA) is 88.3 Å². The summed E-state index contributed by atoms with van der Waals surface area (Å²) >= 11 is 0. The first-order chi connectivity index (χ1) is 17.6. The minimum atomic E-state index is 0.628. The molecule has 0 saturated carbocycles. The van der Waals surface area contributed by atoms with Crippen molar-refractivity contribution in [3.63, 3.8) is 0 Å². The Morgan fingerprint density at radius 3 is 2.69 bits per heavy atom. The highest BCUT2D eigenvalue weighted by atomic mass is 16.5. The van der Waals surface area contributed by atoms with Gasteiger partial charge in [-0.15, -0.1) is 0 Å². The number of aromatic nitrogens is 3. The Bertz CT molecular complexity index is 1260. The average Bonchev–Trinajstić information content (AvgIpc) is 3.32. The van der Waals surface area contributed by atoms with E-state index in [-0.39, 0.29) is 0 Å². The number of nitrogens with zero attached hydrogens (tertiary/aromatic N) is 5. The Hall–Kier alpha value is -3.95. The molecule has 36 heavy (non-hydrogen) atoms. The summed E-state index contributed by atoms with van der Waals surface area (Å²) in [6, 6.07) is 12.2. The summed E-state index contributed by atoms with van der Waals surface area (Å²) in [6.45, 7) is 14.0. The molecule has 1 aromatic carbocycles. The minimum absolute atomic E-state index is 0.628. The van der Waals surface area contributed by atoms with Gasteiger partial charge in [-0.25, -0.2) is 4.98 Å². The van der Waals surface area contributed by atoms with Crippen molar-refractivity contribution < 1.29 is 9.47 Å². The van der Waals surface area contributed by atoms with Crippen LogP contribution < -0.4 is 15.6 Å². The van der Waals surface area contributed by atoms with Crippen LogP contribution in [0, 0.1) is 0 Å². The largest absolute Gasteiger partial charge is 0.383 e. The third-order valence-electron chi connectivity index (χ3n) is 5.60. The molecule has 0 bridgehead atoms. The van der Waals surface area contributed by atoms with Crippen molar-refractivity contribution in [2.75, 3.05) is 62.2 Å². The fraction of sp³-hybridized carbons (Fsp3) is 0.296. The van der Waals surface area contributed by atoms with Crippen molar-refractivity contribution in [1.82, 2.24) is 14.6 Å². The zero-order valence-corrected chi connectivity index (χ0v) is 20.9. The molecule has 9 heteroatoms. The summed E-state index contributed by atoms with van der Waals surface area (Å²) in [5.74, 6) is 1.56. The Morgan fingerprint density at radius 1 is 1.22 bits per heavy atom. The number of methoxy groups -OCH3 is 1. The van der Waals surface area contributed by atoms with Crippen molar-refractivity contribution in [3.8, 4) is 11.3 Å². The average molecular weight is 488 g/mol. The normalized spacial score (nSPS) is 14.4. The van der Waals surface area contributed by atoms with Crippen LogP contribution in [0.3, 0.4) is 0 Å². The van der Waals surface area contributed by atoms with Gasteiger partial charge in [0.15, 0.2) is 11.5 Å². The molecule has 1 aliphatic heterocycles. The van der Waals surface area contributed by atoms with E-state index in [4.69, 9.17) is 19.6 Å². The van der Waals surface area contributed by atoms with Gasteiger partial charge in [-0.3, -0.25) is 5.43 Å². The summed E-state index contributed by atoms with van der Waals surface area (Å²) in [4.78, 5) is 7.01. The first kappa shape index (κ1) is 25.2. The van der Waals surface area contributed by atoms with Crippen molar-refractivity contribution >= 4 is 29.2 Å². The molecule has 1 fully saturated rings. The standard InChI is InChI=1S/C27H33N7O2/c1-5-21(16-20(2)3)19-29-31-25-18-27(33-11-14-36-15-12-33)34-26(30-25)17-24(32-34)22-6-8-23(9-7-22)28-10-13-35-4/h5-9,16-19,28H,1-2,10-15H2,3-4H3,(H,30,31)/b21-16+,29-19+. The van der Waals surface area contributed by atoms with Gasteiger partial charge in [-0.1, -0.05) is 43.0 Å². The first-order valence-corrected chi connectivity index (χ1v) is 11.9. The van der Waals surface area contributed by atoms with E-state index in [0.717, 1.165) is 59.2 Å². The number of hydrogen-bond acceptors (Lipinski definition) is 8. The molecular weight excluding hydrogens is 454 g/mol. The van der Waals surface area contributed by atoms with Gasteiger partial charge in [-0.2, -0.15) is 14.7 Å². The lowest BCUT2D eigenvalue weighted by Gasteiger charge is -2.29. The van der Waals surface area contributed by atoms with Gasteiger partial charge in [-0.05, 0) is 24.6 Å². The molecule has 0 unspecified atom stereocenters. The van der Waals surface area contributed by atoms with Gasteiger partial charge in [0.2, 0.25) is 0 Å². The number of rotatable bonds is 11. The second-order valence-corrected chi connectivity index (χ2v) is 8.46. The van der Waals surface area contributed by atoms with E-state index >= 15 is 0 Å². The Morgan fingerprint density at radius 2 is 2.00 bits per heavy atom. The summed E-state index contributed by atoms with van der Waals surface area (Å²) in [5.41, 5.74) is 8.47. The van der Waals surface area contributed by atoms with Crippen LogP contribution in [0.1, 0.15) is 6.92 Å². The van der Waals surface area contributed by atoms with Gasteiger partial charge < -0.3 is 19.7 Å². The molecular formula is C27H33N7O2. The van der Waals surface area contributed by atoms with Crippen LogP contribution >= 0.6 is 0 Å². The van der Waals surface area contributed by atoms with Crippen molar-refractivity contribution in [2.45, 2.75) is 6.92 Å². The number of morpholine rings is 1. The number of hydrogen-bond donors (Lipinski definition) is 2. The molecule has 0 aliphatic carbocycles. The number of allylic oxidation sites excluding steroid dienone is 4. The molecule has 0 spiro atoms. The third-order valence-corrected chi connectivity index (χ3v) is 5.60. The van der Waals surface area contributed by atoms with Crippen LogP contribution in [0.15, 0.2) is 78.0 Å². The molecule has 1 aliphatic rings. The van der Waals surface area contributed by atoms with E-state index in [9.17, 15) is 0 Å². The molecule has 9 nitrogen and oxygen atoms in total. The number of nitrogens with one attached hydrogen (secondary N) is 2. The van der Waals surface area contributed by atoms with Crippen LogP contribution in [0.4, 0.5) is 17.3 Å². The predicted octanol–water partition coefficient (Wildman–Crippen LogP) is 4.38. The van der Waals surface area contributed by atoms with Crippen molar-refractivity contribution in [2.24, 2.45) is 5.10 Å². The van der Waals surface area contributed by atoms with E-state index in [1.807, 2.05) is 41.8 Å². The van der Waals surface area contributed by atoms with E-state index in [1.54, 1.807) is 19.4 Å². The van der Waals surface area contributed by atoms with Crippen LogP contribution in [0.5, 0.6) is 0 Å². The number of benzene rings is 1. The highest BCUT2D eigenvalue weighted by molar-refractivity contribution is 5.83. The molecule has 4 rings (SSSR count). The summed E-state index contributed by atoms with van der Waals surface area (Å²) in [5, 5.41) is 12.6. The first-order valence-electron chi connectivity index (χ1n) is 11.9. The van der Waals surface area contributed by atoms with E-state index in [0.29, 0.717) is 25.6 Å². The maximum absolute atomic E-state index is 5.56. The zero-order valence-electron chi connectivity index (χ0n) is 20.9. The zero-order chi connectivity index (χ0) is 25.3. The third kappa shape index (κ3) is 6.38. The lowest BCUT2D eigenvalue weighted by Crippen LogP contribution is -2.37. The fourth-order valence-corrected chi connectivity index (χ4v) is 3.84.